The number of sulfonamides is 2. The summed E-state index contributed by atoms with van der Waals surface area (Å²) in [4.78, 5) is 15.5. The first-order valence-electron chi connectivity index (χ1n) is 11.7. The van der Waals surface area contributed by atoms with E-state index in [0.29, 0.717) is 0 Å². The Hall–Kier alpha value is -3.32. The smallest absolute Gasteiger partial charge is 0.262 e. The fourth-order valence-electron chi connectivity index (χ4n) is 3.93. The van der Waals surface area contributed by atoms with Crippen LogP contribution >= 0.6 is 11.6 Å². The van der Waals surface area contributed by atoms with Crippen molar-refractivity contribution in [2.24, 2.45) is 0 Å². The molecule has 1 saturated heterocycles. The Morgan fingerprint density at radius 3 is 2.00 bits per heavy atom. The number of nitrogens with zero attached hydrogens (tertiary/aromatic N) is 2. The molecule has 4 rings (SSSR count). The molecule has 0 unspecified atom stereocenters. The highest BCUT2D eigenvalue weighted by Gasteiger charge is 2.23. The maximum Gasteiger partial charge on any atom is 0.262 e. The minimum absolute atomic E-state index is 0.0403. The van der Waals surface area contributed by atoms with Gasteiger partial charge >= 0.3 is 0 Å². The average Bonchev–Trinajstić information content (AvgIpc) is 2.87. The van der Waals surface area contributed by atoms with E-state index < -0.39 is 20.0 Å². The summed E-state index contributed by atoms with van der Waals surface area (Å²) in [6.45, 7) is 4.48. The van der Waals surface area contributed by atoms with Gasteiger partial charge in [0.05, 0.1) is 31.9 Å². The van der Waals surface area contributed by atoms with Gasteiger partial charge in [0.2, 0.25) is 5.91 Å². The lowest BCUT2D eigenvalue weighted by Gasteiger charge is -2.34. The summed E-state index contributed by atoms with van der Waals surface area (Å²) in [6, 6.07) is 16.6. The second-order valence-electron chi connectivity index (χ2n) is 8.87. The van der Waals surface area contributed by atoms with E-state index >= 15 is 0 Å². The van der Waals surface area contributed by atoms with Gasteiger partial charge in [0, 0.05) is 38.8 Å². The third-order valence-electron chi connectivity index (χ3n) is 5.98. The molecular weight excluding hydrogens is 550 g/mol. The van der Waals surface area contributed by atoms with Gasteiger partial charge in [0.25, 0.3) is 20.0 Å². The molecule has 1 heterocycles. The maximum atomic E-state index is 13.2. The predicted molar refractivity (Wildman–Crippen MR) is 150 cm³/mol. The summed E-state index contributed by atoms with van der Waals surface area (Å²) < 4.78 is 57.8. The van der Waals surface area contributed by atoms with Gasteiger partial charge < -0.3 is 15.1 Å². The van der Waals surface area contributed by atoms with Crippen LogP contribution in [0.3, 0.4) is 0 Å². The lowest BCUT2D eigenvalue weighted by atomic mass is 10.2. The summed E-state index contributed by atoms with van der Waals surface area (Å²) in [5.41, 5.74) is 1.15. The van der Waals surface area contributed by atoms with Crippen molar-refractivity contribution >= 4 is 60.3 Å². The third kappa shape index (κ3) is 6.57. The number of halogens is 1. The summed E-state index contributed by atoms with van der Waals surface area (Å²) in [5, 5.41) is 2.56. The number of rotatable bonds is 8. The van der Waals surface area contributed by atoms with Gasteiger partial charge in [0.15, 0.2) is 0 Å². The molecule has 0 atom stereocenters. The summed E-state index contributed by atoms with van der Waals surface area (Å²) in [5.74, 6) is -0.351. The zero-order valence-corrected chi connectivity index (χ0v) is 23.2. The van der Waals surface area contributed by atoms with Gasteiger partial charge in [-0.2, -0.15) is 0 Å². The molecule has 202 valence electrons. The van der Waals surface area contributed by atoms with Crippen molar-refractivity contribution in [1.82, 2.24) is 4.90 Å². The van der Waals surface area contributed by atoms with Crippen molar-refractivity contribution in [3.63, 3.8) is 0 Å². The summed E-state index contributed by atoms with van der Waals surface area (Å²) in [7, 11) is -6.15. The van der Waals surface area contributed by atoms with Crippen LogP contribution in [0.2, 0.25) is 5.02 Å². The van der Waals surface area contributed by atoms with Crippen LogP contribution in [-0.2, 0) is 24.8 Å². The molecule has 0 radical (unpaired) electrons. The monoisotopic (exact) mass is 577 g/mol. The summed E-state index contributed by atoms with van der Waals surface area (Å²) in [6.07, 6.45) is 0. The maximum absolute atomic E-state index is 13.2. The molecule has 0 aliphatic carbocycles. The fraction of sp³-hybridized carbons (Fsp3) is 0.240. The van der Waals surface area contributed by atoms with Crippen molar-refractivity contribution in [3.05, 3.63) is 71.8 Å². The number of nitrogens with one attached hydrogen (secondary N) is 3. The van der Waals surface area contributed by atoms with Crippen LogP contribution in [0.5, 0.6) is 0 Å². The van der Waals surface area contributed by atoms with Crippen LogP contribution in [0.15, 0.2) is 76.5 Å². The van der Waals surface area contributed by atoms with E-state index in [-0.39, 0.29) is 37.8 Å². The molecule has 0 bridgehead atoms. The highest BCUT2D eigenvalue weighted by molar-refractivity contribution is 7.93. The highest BCUT2D eigenvalue weighted by atomic mass is 35.5. The second-order valence-corrected chi connectivity index (χ2v) is 12.6. The van der Waals surface area contributed by atoms with E-state index in [2.05, 4.69) is 24.6 Å². The molecule has 10 nitrogen and oxygen atoms in total. The highest BCUT2D eigenvalue weighted by Crippen LogP contribution is 2.33. The molecule has 0 aromatic heterocycles. The van der Waals surface area contributed by atoms with Crippen LogP contribution in [0.1, 0.15) is 6.92 Å². The van der Waals surface area contributed by atoms with Gasteiger partial charge in [-0.15, -0.1) is 0 Å². The summed E-state index contributed by atoms with van der Waals surface area (Å²) >= 11 is 6.18. The second kappa shape index (κ2) is 11.2. The van der Waals surface area contributed by atoms with E-state index in [1.165, 1.54) is 43.3 Å². The Kier molecular flexibility index (Phi) is 8.16. The Morgan fingerprint density at radius 1 is 0.763 bits per heavy atom. The fourth-order valence-corrected chi connectivity index (χ4v) is 6.42. The number of anilines is 4. The zero-order chi connectivity index (χ0) is 27.5. The van der Waals surface area contributed by atoms with Crippen LogP contribution in [0, 0.1) is 0 Å². The van der Waals surface area contributed by atoms with E-state index in [0.717, 1.165) is 31.9 Å². The van der Waals surface area contributed by atoms with Crippen molar-refractivity contribution in [3.8, 4) is 0 Å². The van der Waals surface area contributed by atoms with Crippen molar-refractivity contribution in [2.75, 3.05) is 52.9 Å². The van der Waals surface area contributed by atoms with E-state index in [1.54, 1.807) is 30.3 Å². The van der Waals surface area contributed by atoms with E-state index in [1.807, 2.05) is 7.05 Å². The molecule has 0 spiro atoms. The van der Waals surface area contributed by atoms with Crippen LogP contribution in [-0.4, -0.2) is 60.9 Å². The number of likely N-dealkylation sites (N-methyl/N-ethyl adjacent to an activating group) is 1. The SMILES string of the molecule is CC(=O)Nc1ccc(S(=O)(=O)Nc2ccc(N3CCN(C)CC3)cc2NS(=O)(=O)c2ccccc2)cc1Cl. The largest absolute Gasteiger partial charge is 0.369 e. The van der Waals surface area contributed by atoms with Crippen molar-refractivity contribution in [2.45, 2.75) is 16.7 Å². The lowest BCUT2D eigenvalue weighted by molar-refractivity contribution is -0.114. The van der Waals surface area contributed by atoms with Crippen LogP contribution < -0.4 is 19.7 Å². The van der Waals surface area contributed by atoms with Crippen LogP contribution in [0.4, 0.5) is 22.7 Å². The van der Waals surface area contributed by atoms with Crippen molar-refractivity contribution in [1.29, 1.82) is 0 Å². The number of carbonyl (C=O) groups excluding carboxylic acids is 1. The lowest BCUT2D eigenvalue weighted by Crippen LogP contribution is -2.44. The molecule has 3 aromatic carbocycles. The van der Waals surface area contributed by atoms with Gasteiger partial charge in [-0.25, -0.2) is 16.8 Å². The molecule has 1 aliphatic heterocycles. The molecule has 13 heteroatoms. The normalized spacial score (nSPS) is 14.7. The number of amides is 1. The zero-order valence-electron chi connectivity index (χ0n) is 20.8. The molecule has 38 heavy (non-hydrogen) atoms. The number of benzene rings is 3. The molecular formula is C25H28ClN5O5S2. The average molecular weight is 578 g/mol. The first-order valence-corrected chi connectivity index (χ1v) is 15.0. The van der Waals surface area contributed by atoms with Gasteiger partial charge in [0.1, 0.15) is 0 Å². The van der Waals surface area contributed by atoms with Crippen LogP contribution in [0.25, 0.3) is 0 Å². The van der Waals surface area contributed by atoms with Gasteiger partial charge in [-0.05, 0) is 55.6 Å². The standard InChI is InChI=1S/C25H28ClN5O5S2/c1-18(32)27-23-11-9-21(17-22(23)26)38(35,36)28-24-10-8-19(31-14-12-30(2)13-15-31)16-25(24)29-37(33,34)20-6-4-3-5-7-20/h3-11,16-17,28-29H,12-15H2,1-2H3,(H,27,32). The predicted octanol–water partition coefficient (Wildman–Crippen LogP) is 3.65. The number of hydrogen-bond donors (Lipinski definition) is 3. The number of piperazine rings is 1. The molecule has 3 aromatic rings. The van der Waals surface area contributed by atoms with E-state index in [4.69, 9.17) is 11.6 Å². The van der Waals surface area contributed by atoms with E-state index in [9.17, 15) is 21.6 Å². The molecule has 3 N–H and O–H groups in total. The first-order chi connectivity index (χ1) is 17.9. The molecule has 0 saturated carbocycles. The Labute approximate surface area is 227 Å². The topological polar surface area (TPSA) is 128 Å². The first kappa shape index (κ1) is 27.7. The molecule has 1 fully saturated rings. The Balaban J connectivity index is 1.69. The number of hydrogen-bond acceptors (Lipinski definition) is 7. The van der Waals surface area contributed by atoms with Crippen molar-refractivity contribution < 1.29 is 21.6 Å². The third-order valence-corrected chi connectivity index (χ3v) is 9.03. The Bertz CT molecular complexity index is 1540. The Morgan fingerprint density at radius 2 is 1.37 bits per heavy atom. The van der Waals surface area contributed by atoms with Gasteiger partial charge in [-0.1, -0.05) is 29.8 Å². The minimum atomic E-state index is -4.17. The molecule has 1 aliphatic rings. The quantitative estimate of drug-likeness (QED) is 0.373. The van der Waals surface area contributed by atoms with Gasteiger partial charge in [-0.3, -0.25) is 14.2 Å². The molecule has 1 amide bonds. The number of carbonyl (C=O) groups is 1. The minimum Gasteiger partial charge on any atom is -0.369 e.